The molecule has 0 saturated carbocycles. The second-order valence-electron chi connectivity index (χ2n) is 4.04. The summed E-state index contributed by atoms with van der Waals surface area (Å²) in [7, 11) is 0. The molecule has 6 heteroatoms. The molecule has 0 bridgehead atoms. The van der Waals surface area contributed by atoms with Crippen molar-refractivity contribution in [3.8, 4) is 0 Å². The minimum absolute atomic E-state index is 0.124. The number of hydrogen-bond acceptors (Lipinski definition) is 6. The summed E-state index contributed by atoms with van der Waals surface area (Å²) in [6.07, 6.45) is -0.487. The molecule has 0 amide bonds. The van der Waals surface area contributed by atoms with Gasteiger partial charge in [-0.2, -0.15) is 0 Å². The zero-order valence-corrected chi connectivity index (χ0v) is 9.51. The Labute approximate surface area is 95.8 Å². The van der Waals surface area contributed by atoms with Gasteiger partial charge in [-0.3, -0.25) is 4.90 Å². The number of hydrogen-bond donors (Lipinski definition) is 4. The van der Waals surface area contributed by atoms with E-state index in [2.05, 4.69) is 10.2 Å². The molecule has 0 aliphatic carbocycles. The zero-order valence-electron chi connectivity index (χ0n) is 9.51. The maximum atomic E-state index is 9.73. The number of aliphatic hydroxyl groups is 3. The van der Waals surface area contributed by atoms with E-state index < -0.39 is 6.10 Å². The van der Waals surface area contributed by atoms with E-state index in [1.54, 1.807) is 0 Å². The molecule has 1 aliphatic heterocycles. The van der Waals surface area contributed by atoms with E-state index in [4.69, 9.17) is 14.9 Å². The Hall–Kier alpha value is -0.240. The fourth-order valence-electron chi connectivity index (χ4n) is 1.64. The van der Waals surface area contributed by atoms with Gasteiger partial charge in [0.15, 0.2) is 0 Å². The fourth-order valence-corrected chi connectivity index (χ4v) is 1.64. The molecule has 0 aromatic heterocycles. The van der Waals surface area contributed by atoms with Gasteiger partial charge < -0.3 is 25.4 Å². The molecule has 0 aromatic carbocycles. The van der Waals surface area contributed by atoms with E-state index in [0.717, 1.165) is 26.3 Å². The Balaban J connectivity index is 2.11. The maximum absolute atomic E-state index is 9.73. The fraction of sp³-hybridized carbons (Fsp3) is 1.00. The van der Waals surface area contributed by atoms with Crippen LogP contribution in [0.2, 0.25) is 0 Å². The van der Waals surface area contributed by atoms with Crippen LogP contribution in [0.3, 0.4) is 0 Å². The minimum atomic E-state index is -0.487. The second-order valence-corrected chi connectivity index (χ2v) is 4.04. The van der Waals surface area contributed by atoms with Crippen molar-refractivity contribution < 1.29 is 20.1 Å². The summed E-state index contributed by atoms with van der Waals surface area (Å²) in [5.41, 5.74) is 0. The van der Waals surface area contributed by atoms with Gasteiger partial charge in [-0.15, -0.1) is 0 Å². The van der Waals surface area contributed by atoms with Crippen LogP contribution in [0.25, 0.3) is 0 Å². The smallest absolute Gasteiger partial charge is 0.0791 e. The normalized spacial score (nSPS) is 20.2. The SMILES string of the molecule is OCC(CO)NCC(O)CN1CCOCC1. The minimum Gasteiger partial charge on any atom is -0.395 e. The van der Waals surface area contributed by atoms with Crippen molar-refractivity contribution in [3.63, 3.8) is 0 Å². The van der Waals surface area contributed by atoms with Crippen LogP contribution in [0.1, 0.15) is 0 Å². The van der Waals surface area contributed by atoms with E-state index >= 15 is 0 Å². The topological polar surface area (TPSA) is 85.2 Å². The molecule has 1 rings (SSSR count). The van der Waals surface area contributed by atoms with E-state index in [1.165, 1.54) is 0 Å². The average Bonchev–Trinajstić information content (AvgIpc) is 2.31. The number of ether oxygens (including phenoxy) is 1. The first-order chi connectivity index (χ1) is 7.76. The van der Waals surface area contributed by atoms with Crippen LogP contribution in [0, 0.1) is 0 Å². The van der Waals surface area contributed by atoms with E-state index in [-0.39, 0.29) is 19.3 Å². The monoisotopic (exact) mass is 234 g/mol. The van der Waals surface area contributed by atoms with Gasteiger partial charge in [0, 0.05) is 26.2 Å². The van der Waals surface area contributed by atoms with Gasteiger partial charge in [0.25, 0.3) is 0 Å². The highest BCUT2D eigenvalue weighted by atomic mass is 16.5. The van der Waals surface area contributed by atoms with Gasteiger partial charge in [0.2, 0.25) is 0 Å². The molecule has 1 atom stereocenters. The predicted octanol–water partition coefficient (Wildman–Crippen LogP) is -2.38. The molecule has 1 unspecified atom stereocenters. The lowest BCUT2D eigenvalue weighted by Gasteiger charge is -2.29. The molecule has 0 spiro atoms. The lowest BCUT2D eigenvalue weighted by Crippen LogP contribution is -2.46. The first kappa shape index (κ1) is 13.8. The number of aliphatic hydroxyl groups excluding tert-OH is 3. The van der Waals surface area contributed by atoms with Crippen molar-refractivity contribution in [3.05, 3.63) is 0 Å². The van der Waals surface area contributed by atoms with Crippen LogP contribution in [0.15, 0.2) is 0 Å². The summed E-state index contributed by atoms with van der Waals surface area (Å²) in [6.45, 7) is 3.86. The standard InChI is InChI=1S/C10H22N2O4/c13-7-9(8-14)11-5-10(15)6-12-1-3-16-4-2-12/h9-11,13-15H,1-8H2. The molecular weight excluding hydrogens is 212 g/mol. The first-order valence-electron chi connectivity index (χ1n) is 5.69. The molecule has 1 fully saturated rings. The van der Waals surface area contributed by atoms with Gasteiger partial charge in [-0.25, -0.2) is 0 Å². The molecule has 1 saturated heterocycles. The van der Waals surface area contributed by atoms with Gasteiger partial charge in [0.1, 0.15) is 0 Å². The van der Waals surface area contributed by atoms with Crippen LogP contribution < -0.4 is 5.32 Å². The second kappa shape index (κ2) is 7.94. The van der Waals surface area contributed by atoms with Crippen molar-refractivity contribution >= 4 is 0 Å². The first-order valence-corrected chi connectivity index (χ1v) is 5.69. The third-order valence-electron chi connectivity index (χ3n) is 2.66. The van der Waals surface area contributed by atoms with Crippen LogP contribution in [-0.4, -0.2) is 85.0 Å². The zero-order chi connectivity index (χ0) is 11.8. The van der Waals surface area contributed by atoms with Gasteiger partial charge in [-0.1, -0.05) is 0 Å². The summed E-state index contributed by atoms with van der Waals surface area (Å²) < 4.78 is 5.21. The third-order valence-corrected chi connectivity index (χ3v) is 2.66. The molecule has 96 valence electrons. The van der Waals surface area contributed by atoms with Crippen molar-refractivity contribution in [2.45, 2.75) is 12.1 Å². The predicted molar refractivity (Wildman–Crippen MR) is 59.2 cm³/mol. The summed E-state index contributed by atoms with van der Waals surface area (Å²) in [6, 6.07) is -0.348. The average molecular weight is 234 g/mol. The highest BCUT2D eigenvalue weighted by Gasteiger charge is 2.15. The summed E-state index contributed by atoms with van der Waals surface area (Å²) in [5.74, 6) is 0. The molecule has 6 nitrogen and oxygen atoms in total. The van der Waals surface area contributed by atoms with Crippen LogP contribution >= 0.6 is 0 Å². The summed E-state index contributed by atoms with van der Waals surface area (Å²) in [5, 5.41) is 30.3. The van der Waals surface area contributed by atoms with Crippen molar-refractivity contribution in [1.29, 1.82) is 0 Å². The Bertz CT molecular complexity index is 172. The lowest BCUT2D eigenvalue weighted by molar-refractivity contribution is 0.0136. The quantitative estimate of drug-likeness (QED) is 0.394. The largest absolute Gasteiger partial charge is 0.395 e. The van der Waals surface area contributed by atoms with E-state index in [0.29, 0.717) is 13.1 Å². The van der Waals surface area contributed by atoms with Crippen molar-refractivity contribution in [2.24, 2.45) is 0 Å². The van der Waals surface area contributed by atoms with E-state index in [9.17, 15) is 5.11 Å². The lowest BCUT2D eigenvalue weighted by atomic mass is 10.2. The Morgan fingerprint density at radius 1 is 1.19 bits per heavy atom. The Morgan fingerprint density at radius 2 is 1.81 bits per heavy atom. The van der Waals surface area contributed by atoms with Gasteiger partial charge in [-0.05, 0) is 0 Å². The van der Waals surface area contributed by atoms with Crippen molar-refractivity contribution in [1.82, 2.24) is 10.2 Å². The maximum Gasteiger partial charge on any atom is 0.0791 e. The summed E-state index contributed by atoms with van der Waals surface area (Å²) >= 11 is 0. The Morgan fingerprint density at radius 3 is 2.38 bits per heavy atom. The highest BCUT2D eigenvalue weighted by Crippen LogP contribution is 1.98. The Kier molecular flexibility index (Phi) is 6.86. The number of β-amino-alcohol motifs (C(OH)–C–C–N with tert-alkyl or cyclic N) is 1. The summed E-state index contributed by atoms with van der Waals surface area (Å²) in [4.78, 5) is 2.14. The van der Waals surface area contributed by atoms with Crippen LogP contribution in [0.4, 0.5) is 0 Å². The molecule has 0 aromatic rings. The molecular formula is C10H22N2O4. The number of morpholine rings is 1. The van der Waals surface area contributed by atoms with Gasteiger partial charge >= 0.3 is 0 Å². The molecule has 16 heavy (non-hydrogen) atoms. The third kappa shape index (κ3) is 5.20. The molecule has 1 heterocycles. The number of nitrogens with zero attached hydrogens (tertiary/aromatic N) is 1. The molecule has 0 radical (unpaired) electrons. The van der Waals surface area contributed by atoms with E-state index in [1.807, 2.05) is 0 Å². The number of rotatable bonds is 7. The molecule has 1 aliphatic rings. The highest BCUT2D eigenvalue weighted by molar-refractivity contribution is 4.72. The number of nitrogens with one attached hydrogen (secondary N) is 1. The van der Waals surface area contributed by atoms with Crippen LogP contribution in [-0.2, 0) is 4.74 Å². The van der Waals surface area contributed by atoms with Crippen molar-refractivity contribution in [2.75, 3.05) is 52.6 Å². The van der Waals surface area contributed by atoms with Crippen LogP contribution in [0.5, 0.6) is 0 Å². The molecule has 4 N–H and O–H groups in total. The van der Waals surface area contributed by atoms with Gasteiger partial charge in [0.05, 0.1) is 38.6 Å².